The molecule has 0 atom stereocenters. The molecule has 0 bridgehead atoms. The van der Waals surface area contributed by atoms with Crippen LogP contribution in [0.15, 0.2) is 36.5 Å². The zero-order valence-corrected chi connectivity index (χ0v) is 14.5. The number of pyridine rings is 1. The molecular weight excluding hydrogens is 337 g/mol. The second kappa shape index (κ2) is 9.12. The van der Waals surface area contributed by atoms with Crippen LogP contribution < -0.4 is 10.6 Å². The number of carbonyl (C=O) groups is 2. The largest absolute Gasteiger partial charge is 0.326 e. The van der Waals surface area contributed by atoms with E-state index in [4.69, 9.17) is 23.2 Å². The molecule has 0 saturated heterocycles. The van der Waals surface area contributed by atoms with E-state index in [9.17, 15) is 9.59 Å². The second-order valence-corrected chi connectivity index (χ2v) is 5.06. The highest BCUT2D eigenvalue weighted by Gasteiger charge is 2.14. The van der Waals surface area contributed by atoms with E-state index in [2.05, 4.69) is 15.6 Å². The maximum Gasteiger partial charge on any atom is 0.258 e. The van der Waals surface area contributed by atoms with Crippen molar-refractivity contribution in [2.75, 3.05) is 10.6 Å². The van der Waals surface area contributed by atoms with Gasteiger partial charge in [0.1, 0.15) is 5.82 Å². The zero-order chi connectivity index (χ0) is 17.4. The van der Waals surface area contributed by atoms with Gasteiger partial charge in [0.25, 0.3) is 5.91 Å². The Morgan fingerprint density at radius 2 is 1.65 bits per heavy atom. The third-order valence-electron chi connectivity index (χ3n) is 2.51. The summed E-state index contributed by atoms with van der Waals surface area (Å²) >= 11 is 11.6. The average molecular weight is 354 g/mol. The highest BCUT2D eigenvalue weighted by molar-refractivity contribution is 6.31. The predicted octanol–water partition coefficient (Wildman–Crippen LogP) is 4.63. The van der Waals surface area contributed by atoms with Gasteiger partial charge in [0.15, 0.2) is 0 Å². The number of anilines is 2. The normalized spacial score (nSPS) is 9.43. The molecule has 2 aromatic rings. The Morgan fingerprint density at radius 1 is 1.00 bits per heavy atom. The topological polar surface area (TPSA) is 71.1 Å². The minimum absolute atomic E-state index is 0.245. The van der Waals surface area contributed by atoms with Crippen LogP contribution in [-0.2, 0) is 4.79 Å². The van der Waals surface area contributed by atoms with Crippen molar-refractivity contribution >= 4 is 46.5 Å². The monoisotopic (exact) mass is 353 g/mol. The quantitative estimate of drug-likeness (QED) is 0.845. The van der Waals surface area contributed by atoms with E-state index in [1.165, 1.54) is 19.2 Å². The van der Waals surface area contributed by atoms with Crippen molar-refractivity contribution in [3.05, 3.63) is 52.1 Å². The van der Waals surface area contributed by atoms with Gasteiger partial charge in [0, 0.05) is 18.1 Å². The van der Waals surface area contributed by atoms with Crippen LogP contribution in [0.25, 0.3) is 0 Å². The Morgan fingerprint density at radius 3 is 2.22 bits per heavy atom. The zero-order valence-electron chi connectivity index (χ0n) is 13.0. The molecule has 5 nitrogen and oxygen atoms in total. The van der Waals surface area contributed by atoms with Gasteiger partial charge in [0.05, 0.1) is 16.3 Å². The van der Waals surface area contributed by atoms with Gasteiger partial charge in [-0.25, -0.2) is 4.98 Å². The Labute approximate surface area is 145 Å². The van der Waals surface area contributed by atoms with Gasteiger partial charge < -0.3 is 10.6 Å². The van der Waals surface area contributed by atoms with Gasteiger partial charge in [-0.15, -0.1) is 0 Å². The lowest BCUT2D eigenvalue weighted by Gasteiger charge is -2.10. The maximum atomic E-state index is 12.3. The Kier molecular flexibility index (Phi) is 7.51. The fraction of sp³-hybridized carbons (Fsp3) is 0.188. The van der Waals surface area contributed by atoms with E-state index in [1.54, 1.807) is 24.3 Å². The molecule has 1 aromatic heterocycles. The molecule has 0 aliphatic rings. The van der Waals surface area contributed by atoms with Crippen LogP contribution >= 0.6 is 23.2 Å². The molecular formula is C16H17Cl2N3O2. The summed E-state index contributed by atoms with van der Waals surface area (Å²) in [6.45, 7) is 5.36. The number of halogens is 2. The first-order valence-electron chi connectivity index (χ1n) is 6.96. The average Bonchev–Trinajstić information content (AvgIpc) is 2.53. The summed E-state index contributed by atoms with van der Waals surface area (Å²) in [6.07, 6.45) is 1.42. The van der Waals surface area contributed by atoms with Gasteiger partial charge in [-0.3, -0.25) is 9.59 Å². The predicted molar refractivity (Wildman–Crippen MR) is 94.3 cm³/mol. The molecule has 0 aliphatic carbocycles. The van der Waals surface area contributed by atoms with Crippen molar-refractivity contribution in [3.8, 4) is 0 Å². The van der Waals surface area contributed by atoms with Crippen LogP contribution in [0.5, 0.6) is 0 Å². The molecule has 2 amide bonds. The lowest BCUT2D eigenvalue weighted by molar-refractivity contribution is -0.114. The second-order valence-electron chi connectivity index (χ2n) is 4.19. The molecule has 2 rings (SSSR count). The highest BCUT2D eigenvalue weighted by Crippen LogP contribution is 2.22. The summed E-state index contributed by atoms with van der Waals surface area (Å²) in [4.78, 5) is 27.4. The third kappa shape index (κ3) is 5.88. The molecule has 122 valence electrons. The molecule has 0 saturated carbocycles. The van der Waals surface area contributed by atoms with E-state index in [-0.39, 0.29) is 11.5 Å². The fourth-order valence-electron chi connectivity index (χ4n) is 1.64. The number of amides is 2. The van der Waals surface area contributed by atoms with Crippen molar-refractivity contribution in [1.82, 2.24) is 4.98 Å². The van der Waals surface area contributed by atoms with Crippen LogP contribution in [0.2, 0.25) is 10.0 Å². The minimum atomic E-state index is -0.434. The molecule has 0 radical (unpaired) electrons. The molecule has 0 fully saturated rings. The Hall–Kier alpha value is -2.11. The van der Waals surface area contributed by atoms with Gasteiger partial charge >= 0.3 is 0 Å². The third-order valence-corrected chi connectivity index (χ3v) is 2.96. The van der Waals surface area contributed by atoms with E-state index in [0.717, 1.165) is 0 Å². The SMILES string of the molecule is CC.CC(=O)Nc1ccc(Cl)cc1C(=O)Nc1ccc(Cl)cn1. The van der Waals surface area contributed by atoms with Crippen LogP contribution in [0.3, 0.4) is 0 Å². The molecule has 23 heavy (non-hydrogen) atoms. The lowest BCUT2D eigenvalue weighted by Crippen LogP contribution is -2.17. The van der Waals surface area contributed by atoms with Crippen molar-refractivity contribution in [2.24, 2.45) is 0 Å². The molecule has 0 unspecified atom stereocenters. The van der Waals surface area contributed by atoms with Gasteiger partial charge in [-0.2, -0.15) is 0 Å². The van der Waals surface area contributed by atoms with Crippen LogP contribution in [0.4, 0.5) is 11.5 Å². The standard InChI is InChI=1S/C14H11Cl2N3O2.C2H6/c1-8(20)18-12-4-2-9(15)6-11(12)14(21)19-13-5-3-10(16)7-17-13;1-2/h2-7H,1H3,(H,18,20)(H,17,19,21);1-2H3. The maximum absolute atomic E-state index is 12.3. The summed E-state index contributed by atoms with van der Waals surface area (Å²) < 4.78 is 0. The van der Waals surface area contributed by atoms with Crippen molar-refractivity contribution < 1.29 is 9.59 Å². The molecule has 7 heteroatoms. The first kappa shape index (κ1) is 18.9. The van der Waals surface area contributed by atoms with E-state index >= 15 is 0 Å². The first-order chi connectivity index (χ1) is 11.0. The fourth-order valence-corrected chi connectivity index (χ4v) is 1.92. The van der Waals surface area contributed by atoms with Crippen LogP contribution in [0, 0.1) is 0 Å². The smallest absolute Gasteiger partial charge is 0.258 e. The summed E-state index contributed by atoms with van der Waals surface area (Å²) in [5, 5.41) is 6.04. The molecule has 1 aromatic carbocycles. The first-order valence-corrected chi connectivity index (χ1v) is 7.71. The molecule has 1 heterocycles. The van der Waals surface area contributed by atoms with E-state index < -0.39 is 5.91 Å². The van der Waals surface area contributed by atoms with Crippen molar-refractivity contribution in [1.29, 1.82) is 0 Å². The number of carbonyl (C=O) groups excluding carboxylic acids is 2. The number of rotatable bonds is 3. The van der Waals surface area contributed by atoms with E-state index in [1.807, 2.05) is 13.8 Å². The van der Waals surface area contributed by atoms with Gasteiger partial charge in [-0.1, -0.05) is 37.0 Å². The molecule has 0 aliphatic heterocycles. The molecule has 2 N–H and O–H groups in total. The highest BCUT2D eigenvalue weighted by atomic mass is 35.5. The number of nitrogens with one attached hydrogen (secondary N) is 2. The van der Waals surface area contributed by atoms with Crippen LogP contribution in [0.1, 0.15) is 31.1 Å². The lowest BCUT2D eigenvalue weighted by atomic mass is 10.1. The number of hydrogen-bond acceptors (Lipinski definition) is 3. The van der Waals surface area contributed by atoms with Crippen molar-refractivity contribution in [2.45, 2.75) is 20.8 Å². The van der Waals surface area contributed by atoms with E-state index in [0.29, 0.717) is 21.6 Å². The summed E-state index contributed by atoms with van der Waals surface area (Å²) in [7, 11) is 0. The van der Waals surface area contributed by atoms with Gasteiger partial charge in [0.2, 0.25) is 5.91 Å². The summed E-state index contributed by atoms with van der Waals surface area (Å²) in [6, 6.07) is 7.80. The van der Waals surface area contributed by atoms with Gasteiger partial charge in [-0.05, 0) is 30.3 Å². The minimum Gasteiger partial charge on any atom is -0.326 e. The number of aromatic nitrogens is 1. The number of benzene rings is 1. The Bertz CT molecular complexity index is 688. The summed E-state index contributed by atoms with van der Waals surface area (Å²) in [5.74, 6) is -0.370. The number of nitrogens with zero attached hydrogens (tertiary/aromatic N) is 1. The Balaban J connectivity index is 0.00000127. The summed E-state index contributed by atoms with van der Waals surface area (Å²) in [5.41, 5.74) is 0.618. The number of hydrogen-bond donors (Lipinski definition) is 2. The van der Waals surface area contributed by atoms with Crippen molar-refractivity contribution in [3.63, 3.8) is 0 Å². The van der Waals surface area contributed by atoms with Crippen LogP contribution in [-0.4, -0.2) is 16.8 Å². The molecule has 0 spiro atoms.